The predicted octanol–water partition coefficient (Wildman–Crippen LogP) is 3.16. The number of aryl methyl sites for hydroxylation is 2. The van der Waals surface area contributed by atoms with Crippen LogP contribution in [0.2, 0.25) is 5.02 Å². The van der Waals surface area contributed by atoms with Crippen molar-refractivity contribution in [2.45, 2.75) is 18.7 Å². The summed E-state index contributed by atoms with van der Waals surface area (Å²) in [5.74, 6) is -1.31. The molecular formula is C18H18ClNO5S. The number of hydrogen-bond acceptors (Lipinski definition) is 5. The summed E-state index contributed by atoms with van der Waals surface area (Å²) in [5, 5.41) is 3.08. The van der Waals surface area contributed by atoms with E-state index in [-0.39, 0.29) is 10.5 Å². The largest absolute Gasteiger partial charge is 0.452 e. The number of carbonyl (C=O) groups excluding carboxylic acids is 2. The second-order valence-corrected chi connectivity index (χ2v) is 8.26. The highest BCUT2D eigenvalue weighted by Gasteiger charge is 2.17. The topological polar surface area (TPSA) is 89.5 Å². The van der Waals surface area contributed by atoms with Gasteiger partial charge in [-0.2, -0.15) is 0 Å². The van der Waals surface area contributed by atoms with Crippen LogP contribution in [0.4, 0.5) is 5.69 Å². The molecule has 138 valence electrons. The number of ether oxygens (including phenoxy) is 1. The van der Waals surface area contributed by atoms with Crippen LogP contribution in [0.3, 0.4) is 0 Å². The van der Waals surface area contributed by atoms with Crippen LogP contribution in [0.1, 0.15) is 21.5 Å². The molecular weight excluding hydrogens is 378 g/mol. The summed E-state index contributed by atoms with van der Waals surface area (Å²) in [7, 11) is -3.45. The lowest BCUT2D eigenvalue weighted by Gasteiger charge is -2.10. The van der Waals surface area contributed by atoms with Crippen molar-refractivity contribution in [2.75, 3.05) is 18.2 Å². The van der Waals surface area contributed by atoms with Crippen molar-refractivity contribution in [2.24, 2.45) is 0 Å². The molecule has 0 fully saturated rings. The fourth-order valence-electron chi connectivity index (χ4n) is 2.13. The second kappa shape index (κ2) is 7.88. The smallest absolute Gasteiger partial charge is 0.338 e. The van der Waals surface area contributed by atoms with Crippen molar-refractivity contribution in [3.8, 4) is 0 Å². The standard InChI is InChI=1S/C18H18ClNO5S/c1-11-5-7-14(26(3,23)24)9-15(11)18(22)25-10-17(21)20-13-6-4-12(2)16(19)8-13/h4-9H,10H2,1-3H3,(H,20,21). The van der Waals surface area contributed by atoms with Crippen molar-refractivity contribution >= 4 is 39.0 Å². The number of rotatable bonds is 5. The van der Waals surface area contributed by atoms with Crippen molar-refractivity contribution < 1.29 is 22.7 Å². The lowest BCUT2D eigenvalue weighted by molar-refractivity contribution is -0.119. The molecule has 2 rings (SSSR count). The normalized spacial score (nSPS) is 11.1. The number of esters is 1. The molecule has 0 saturated carbocycles. The molecule has 0 radical (unpaired) electrons. The summed E-state index contributed by atoms with van der Waals surface area (Å²) in [4.78, 5) is 24.1. The number of nitrogens with one attached hydrogen (secondary N) is 1. The van der Waals surface area contributed by atoms with Gasteiger partial charge in [0.2, 0.25) is 0 Å². The van der Waals surface area contributed by atoms with Gasteiger partial charge in [-0.15, -0.1) is 0 Å². The van der Waals surface area contributed by atoms with Gasteiger partial charge in [-0.1, -0.05) is 23.7 Å². The first-order valence-corrected chi connectivity index (χ1v) is 9.88. The lowest BCUT2D eigenvalue weighted by atomic mass is 10.1. The molecule has 1 N–H and O–H groups in total. The highest BCUT2D eigenvalue weighted by atomic mass is 35.5. The van der Waals surface area contributed by atoms with E-state index in [1.54, 1.807) is 25.1 Å². The lowest BCUT2D eigenvalue weighted by Crippen LogP contribution is -2.21. The summed E-state index contributed by atoms with van der Waals surface area (Å²) in [6, 6.07) is 9.20. The fraction of sp³-hybridized carbons (Fsp3) is 0.222. The van der Waals surface area contributed by atoms with E-state index >= 15 is 0 Å². The maximum absolute atomic E-state index is 12.2. The Bertz CT molecular complexity index is 970. The number of carbonyl (C=O) groups is 2. The monoisotopic (exact) mass is 395 g/mol. The Labute approximate surface area is 157 Å². The highest BCUT2D eigenvalue weighted by molar-refractivity contribution is 7.90. The molecule has 0 aliphatic rings. The summed E-state index contributed by atoms with van der Waals surface area (Å²) in [6.07, 6.45) is 1.05. The van der Waals surface area contributed by atoms with Crippen molar-refractivity contribution in [1.82, 2.24) is 0 Å². The average molecular weight is 396 g/mol. The van der Waals surface area contributed by atoms with E-state index in [2.05, 4.69) is 5.32 Å². The van der Waals surface area contributed by atoms with E-state index in [4.69, 9.17) is 16.3 Å². The van der Waals surface area contributed by atoms with E-state index in [9.17, 15) is 18.0 Å². The highest BCUT2D eigenvalue weighted by Crippen LogP contribution is 2.20. The van der Waals surface area contributed by atoms with Crippen molar-refractivity contribution in [3.05, 3.63) is 58.1 Å². The molecule has 0 unspecified atom stereocenters. The van der Waals surface area contributed by atoms with Crippen molar-refractivity contribution in [3.63, 3.8) is 0 Å². The van der Waals surface area contributed by atoms with Gasteiger partial charge >= 0.3 is 5.97 Å². The molecule has 2 aromatic rings. The SMILES string of the molecule is Cc1ccc(NC(=O)COC(=O)c2cc(S(C)(=O)=O)ccc2C)cc1Cl. The molecule has 0 aliphatic heterocycles. The third-order valence-electron chi connectivity index (χ3n) is 3.65. The third kappa shape index (κ3) is 5.06. The molecule has 0 atom stereocenters. The van der Waals surface area contributed by atoms with Crippen LogP contribution in [-0.4, -0.2) is 33.2 Å². The van der Waals surface area contributed by atoms with E-state index in [1.807, 2.05) is 6.92 Å². The Morgan fingerprint density at radius 3 is 2.35 bits per heavy atom. The number of anilines is 1. The number of halogens is 1. The fourth-order valence-corrected chi connectivity index (χ4v) is 2.96. The maximum Gasteiger partial charge on any atom is 0.338 e. The first-order valence-electron chi connectivity index (χ1n) is 7.62. The molecule has 6 nitrogen and oxygen atoms in total. The maximum atomic E-state index is 12.2. The minimum absolute atomic E-state index is 0.00815. The van der Waals surface area contributed by atoms with Gasteiger partial charge < -0.3 is 10.1 Å². The quantitative estimate of drug-likeness (QED) is 0.785. The summed E-state index contributed by atoms with van der Waals surface area (Å²) >= 11 is 5.99. The first kappa shape index (κ1) is 19.9. The first-order chi connectivity index (χ1) is 12.1. The van der Waals surface area contributed by atoms with E-state index in [0.29, 0.717) is 16.3 Å². The summed E-state index contributed by atoms with van der Waals surface area (Å²) in [5.41, 5.74) is 2.00. The van der Waals surface area contributed by atoms with Gasteiger partial charge in [-0.25, -0.2) is 13.2 Å². The molecule has 0 bridgehead atoms. The zero-order chi connectivity index (χ0) is 19.5. The minimum atomic E-state index is -3.45. The number of hydrogen-bond donors (Lipinski definition) is 1. The van der Waals surface area contributed by atoms with Gasteiger partial charge in [0.1, 0.15) is 0 Å². The third-order valence-corrected chi connectivity index (χ3v) is 5.16. The second-order valence-electron chi connectivity index (χ2n) is 5.84. The minimum Gasteiger partial charge on any atom is -0.452 e. The van der Waals surface area contributed by atoms with Gasteiger partial charge in [0, 0.05) is 17.0 Å². The summed E-state index contributed by atoms with van der Waals surface area (Å²) < 4.78 is 28.2. The Morgan fingerprint density at radius 1 is 1.08 bits per heavy atom. The van der Waals surface area contributed by atoms with Crippen molar-refractivity contribution in [1.29, 1.82) is 0 Å². The Balaban J connectivity index is 2.04. The van der Waals surface area contributed by atoms with E-state index in [0.717, 1.165) is 11.8 Å². The number of amides is 1. The number of sulfone groups is 1. The van der Waals surface area contributed by atoms with Gasteiger partial charge in [-0.05, 0) is 49.2 Å². The van der Waals surface area contributed by atoms with Crippen LogP contribution in [0.25, 0.3) is 0 Å². The molecule has 0 saturated heterocycles. The van der Waals surface area contributed by atoms with Crippen LogP contribution in [-0.2, 0) is 19.4 Å². The average Bonchev–Trinajstić information content (AvgIpc) is 2.55. The Kier molecular flexibility index (Phi) is 6.05. The van der Waals surface area contributed by atoms with Crippen LogP contribution in [0, 0.1) is 13.8 Å². The molecule has 0 aromatic heterocycles. The molecule has 1 amide bonds. The Hall–Kier alpha value is -2.38. The van der Waals surface area contributed by atoms with E-state index < -0.39 is 28.3 Å². The predicted molar refractivity (Wildman–Crippen MR) is 99.4 cm³/mol. The molecule has 26 heavy (non-hydrogen) atoms. The molecule has 0 spiro atoms. The summed E-state index contributed by atoms with van der Waals surface area (Å²) in [6.45, 7) is 2.98. The molecule has 0 heterocycles. The van der Waals surface area contributed by atoms with Gasteiger partial charge in [0.25, 0.3) is 5.91 Å². The van der Waals surface area contributed by atoms with Crippen LogP contribution < -0.4 is 5.32 Å². The zero-order valence-corrected chi connectivity index (χ0v) is 16.1. The van der Waals surface area contributed by atoms with Crippen LogP contribution in [0.15, 0.2) is 41.3 Å². The van der Waals surface area contributed by atoms with Gasteiger partial charge in [0.15, 0.2) is 16.4 Å². The number of benzene rings is 2. The van der Waals surface area contributed by atoms with Gasteiger partial charge in [0.05, 0.1) is 10.5 Å². The zero-order valence-electron chi connectivity index (χ0n) is 14.5. The van der Waals surface area contributed by atoms with E-state index in [1.165, 1.54) is 18.2 Å². The van der Waals surface area contributed by atoms with Crippen LogP contribution >= 0.6 is 11.6 Å². The van der Waals surface area contributed by atoms with Crippen LogP contribution in [0.5, 0.6) is 0 Å². The Morgan fingerprint density at radius 2 is 1.73 bits per heavy atom. The van der Waals surface area contributed by atoms with Gasteiger partial charge in [-0.3, -0.25) is 4.79 Å². The molecule has 8 heteroatoms. The molecule has 0 aliphatic carbocycles. The molecule has 2 aromatic carbocycles.